The lowest BCUT2D eigenvalue weighted by atomic mass is 9.77. The molecule has 206 valence electrons. The summed E-state index contributed by atoms with van der Waals surface area (Å²) in [6.07, 6.45) is 6.75. The minimum atomic E-state index is -1.03. The maximum absolute atomic E-state index is 12.8. The highest BCUT2D eigenvalue weighted by Crippen LogP contribution is 2.36. The van der Waals surface area contributed by atoms with Gasteiger partial charge in [-0.3, -0.25) is 14.6 Å². The number of allylic oxidation sites excluding steroid dienone is 1. The van der Waals surface area contributed by atoms with Crippen molar-refractivity contribution >= 4 is 41.1 Å². The molecule has 12 nitrogen and oxygen atoms in total. The Morgan fingerprint density at radius 3 is 2.38 bits per heavy atom. The highest BCUT2D eigenvalue weighted by molar-refractivity contribution is 6.30. The van der Waals surface area contributed by atoms with Crippen LogP contribution in [0, 0.1) is 5.41 Å². The molecule has 2 amide bonds. The van der Waals surface area contributed by atoms with Crippen molar-refractivity contribution in [3.63, 3.8) is 0 Å². The molecule has 3 aliphatic rings. The summed E-state index contributed by atoms with van der Waals surface area (Å²) < 4.78 is 5.68. The number of ether oxygens (including phenoxy) is 1. The first-order valence-corrected chi connectivity index (χ1v) is 13.0. The maximum Gasteiger partial charge on any atom is 0.412 e. The van der Waals surface area contributed by atoms with Crippen LogP contribution >= 0.6 is 11.6 Å². The first kappa shape index (κ1) is 28.1. The van der Waals surface area contributed by atoms with E-state index in [0.717, 1.165) is 13.1 Å². The topological polar surface area (TPSA) is 141 Å². The lowest BCUT2D eigenvalue weighted by molar-refractivity contribution is -0.121. The van der Waals surface area contributed by atoms with E-state index in [-0.39, 0.29) is 17.4 Å². The normalized spacial score (nSPS) is 20.2. The van der Waals surface area contributed by atoms with Crippen LogP contribution in [-0.2, 0) is 9.53 Å². The summed E-state index contributed by atoms with van der Waals surface area (Å²) in [6.45, 7) is 6.40. The molecule has 1 N–H and O–H groups in total. The summed E-state index contributed by atoms with van der Waals surface area (Å²) >= 11 is 5.89. The van der Waals surface area contributed by atoms with Gasteiger partial charge in [-0.15, -0.1) is 0 Å². The molecule has 5 heterocycles. The number of pyridine rings is 1. The zero-order valence-corrected chi connectivity index (χ0v) is 22.7. The van der Waals surface area contributed by atoms with Crippen molar-refractivity contribution in [1.29, 1.82) is 0 Å². The predicted molar refractivity (Wildman–Crippen MR) is 144 cm³/mol. The van der Waals surface area contributed by atoms with Gasteiger partial charge in [-0.05, 0) is 32.0 Å². The molecule has 0 radical (unpaired) electrons. The van der Waals surface area contributed by atoms with Crippen molar-refractivity contribution in [2.45, 2.75) is 32.9 Å². The van der Waals surface area contributed by atoms with Crippen LogP contribution in [0.1, 0.15) is 49.1 Å². The van der Waals surface area contributed by atoms with Gasteiger partial charge in [0.25, 0.3) is 5.91 Å². The van der Waals surface area contributed by atoms with Crippen molar-refractivity contribution in [1.82, 2.24) is 24.8 Å². The molecule has 13 heteroatoms. The van der Waals surface area contributed by atoms with E-state index >= 15 is 0 Å². The minimum absolute atomic E-state index is 0.0417. The van der Waals surface area contributed by atoms with Gasteiger partial charge in [0.1, 0.15) is 16.9 Å². The largest absolute Gasteiger partial charge is 0.496 e. The van der Waals surface area contributed by atoms with Crippen molar-refractivity contribution in [2.24, 2.45) is 10.4 Å². The molecule has 0 aliphatic carbocycles. The Bertz CT molecular complexity index is 1290. The number of rotatable bonds is 4. The molecule has 1 saturated heterocycles. The maximum atomic E-state index is 12.8. The number of hydrogen-bond acceptors (Lipinski definition) is 9. The van der Waals surface area contributed by atoms with Crippen LogP contribution in [0.4, 0.5) is 10.6 Å². The van der Waals surface area contributed by atoms with Crippen LogP contribution in [0.3, 0.4) is 0 Å². The number of amides is 2. The molecule has 0 spiro atoms. The predicted octanol–water partition coefficient (Wildman–Crippen LogP) is 3.41. The van der Waals surface area contributed by atoms with Gasteiger partial charge >= 0.3 is 6.09 Å². The second-order valence-corrected chi connectivity index (χ2v) is 9.68. The Labute approximate surface area is 231 Å². The molecule has 0 bridgehead atoms. The zero-order chi connectivity index (χ0) is 28.2. The third-order valence-corrected chi connectivity index (χ3v) is 7.30. The van der Waals surface area contributed by atoms with E-state index in [9.17, 15) is 19.5 Å². The molecular formula is C26H30ClN7O5. The summed E-state index contributed by atoms with van der Waals surface area (Å²) in [7, 11) is 2.00. The summed E-state index contributed by atoms with van der Waals surface area (Å²) in [5.74, 6) is -0.204. The number of ketones is 1. The van der Waals surface area contributed by atoms with Crippen LogP contribution in [0.25, 0.3) is 0 Å². The molecule has 1 unspecified atom stereocenters. The zero-order valence-electron chi connectivity index (χ0n) is 22.0. The van der Waals surface area contributed by atoms with Gasteiger partial charge < -0.3 is 19.6 Å². The molecule has 5 rings (SSSR count). The molecule has 1 fully saturated rings. The number of halogens is 1. The van der Waals surface area contributed by atoms with E-state index in [2.05, 4.69) is 24.8 Å². The SMILES string of the molecule is CCC1(CC)C(=O)C=CN=C1O.CN1CCN(C(=O)OC2c3nccnc3C(=O)N2c2ccc(Cl)cn2)CC1. The Hall–Kier alpha value is -3.90. The van der Waals surface area contributed by atoms with E-state index < -0.39 is 23.6 Å². The molecule has 3 aliphatic heterocycles. The van der Waals surface area contributed by atoms with Crippen LogP contribution in [0.15, 0.2) is 48.0 Å². The number of aliphatic imine (C=N–C) groups is 1. The number of carbonyl (C=O) groups is 3. The van der Waals surface area contributed by atoms with Gasteiger partial charge in [0, 0.05) is 57.0 Å². The van der Waals surface area contributed by atoms with Crippen LogP contribution < -0.4 is 4.90 Å². The van der Waals surface area contributed by atoms with Crippen molar-refractivity contribution in [3.05, 3.63) is 59.4 Å². The summed E-state index contributed by atoms with van der Waals surface area (Å²) in [5.41, 5.74) is -0.304. The lowest BCUT2D eigenvalue weighted by Crippen LogP contribution is -2.48. The van der Waals surface area contributed by atoms with Gasteiger partial charge in [-0.1, -0.05) is 25.4 Å². The number of carbonyl (C=O) groups excluding carboxylic acids is 3. The summed E-state index contributed by atoms with van der Waals surface area (Å²) in [6, 6.07) is 3.20. The highest BCUT2D eigenvalue weighted by atomic mass is 35.5. The van der Waals surface area contributed by atoms with Crippen LogP contribution in [0.2, 0.25) is 5.02 Å². The number of anilines is 1. The van der Waals surface area contributed by atoms with Crippen LogP contribution in [-0.4, -0.2) is 86.8 Å². The van der Waals surface area contributed by atoms with Crippen LogP contribution in [0.5, 0.6) is 0 Å². The first-order chi connectivity index (χ1) is 18.7. The minimum Gasteiger partial charge on any atom is -0.496 e. The highest BCUT2D eigenvalue weighted by Gasteiger charge is 2.44. The Kier molecular flexibility index (Phi) is 8.56. The molecule has 0 aromatic carbocycles. The number of hydrogen-bond donors (Lipinski definition) is 1. The summed E-state index contributed by atoms with van der Waals surface area (Å²) in [5, 5.41) is 9.90. The molecule has 2 aromatic heterocycles. The fourth-order valence-corrected chi connectivity index (χ4v) is 4.63. The number of nitrogens with zero attached hydrogens (tertiary/aromatic N) is 7. The van der Waals surface area contributed by atoms with Crippen molar-refractivity contribution in [3.8, 4) is 0 Å². The Morgan fingerprint density at radius 2 is 1.79 bits per heavy atom. The second kappa shape index (κ2) is 11.9. The van der Waals surface area contributed by atoms with Crippen molar-refractivity contribution in [2.75, 3.05) is 38.1 Å². The van der Waals surface area contributed by atoms with Gasteiger partial charge in [0.2, 0.25) is 6.23 Å². The van der Waals surface area contributed by atoms with Gasteiger partial charge in [-0.25, -0.2) is 24.7 Å². The number of aliphatic hydroxyl groups excluding tert-OH is 1. The number of fused-ring (bicyclic) bond motifs is 1. The van der Waals surface area contributed by atoms with E-state index in [4.69, 9.17) is 16.3 Å². The summed E-state index contributed by atoms with van der Waals surface area (Å²) in [4.78, 5) is 58.2. The van der Waals surface area contributed by atoms with Gasteiger partial charge in [0.15, 0.2) is 17.4 Å². The number of aliphatic hydroxyl groups is 1. The lowest BCUT2D eigenvalue weighted by Gasteiger charge is -2.33. The molecular weight excluding hydrogens is 526 g/mol. The molecule has 39 heavy (non-hydrogen) atoms. The Balaban J connectivity index is 0.000000247. The van der Waals surface area contributed by atoms with E-state index in [1.54, 1.807) is 17.0 Å². The third-order valence-electron chi connectivity index (χ3n) is 7.08. The van der Waals surface area contributed by atoms with Crippen molar-refractivity contribution < 1.29 is 24.2 Å². The average molecular weight is 556 g/mol. The third kappa shape index (κ3) is 5.62. The smallest absolute Gasteiger partial charge is 0.412 e. The number of aromatic nitrogens is 3. The quantitative estimate of drug-likeness (QED) is 0.600. The molecule has 1 atom stereocenters. The fourth-order valence-electron chi connectivity index (χ4n) is 4.52. The molecule has 0 saturated carbocycles. The Morgan fingerprint density at radius 1 is 1.10 bits per heavy atom. The van der Waals surface area contributed by atoms with Gasteiger partial charge in [0.05, 0.1) is 5.02 Å². The number of piperazine rings is 1. The van der Waals surface area contributed by atoms with Gasteiger partial charge in [-0.2, -0.15) is 0 Å². The fraction of sp³-hybridized carbons (Fsp3) is 0.423. The average Bonchev–Trinajstić information content (AvgIpc) is 3.22. The molecule has 2 aromatic rings. The van der Waals surface area contributed by atoms with E-state index in [1.165, 1.54) is 35.8 Å². The standard InChI is InChI=1S/C17H17ClN6O3.C9H13NO2/c1-22-6-8-23(9-7-22)17(26)27-16-14-13(19-4-5-20-14)15(25)24(16)12-3-2-11(18)10-21-12;1-3-9(4-2)7(11)5-6-10-8(9)12/h2-5,10,16H,6-9H2,1H3;5-6H,3-4H2,1-2H3,(H,10,12). The monoisotopic (exact) mass is 555 g/mol. The number of likely N-dealkylation sites (N-methyl/N-ethyl adjacent to an activating group) is 1. The van der Waals surface area contributed by atoms with E-state index in [1.807, 2.05) is 20.9 Å². The first-order valence-electron chi connectivity index (χ1n) is 12.6. The second-order valence-electron chi connectivity index (χ2n) is 9.25. The van der Waals surface area contributed by atoms with E-state index in [0.29, 0.717) is 42.5 Å².